The van der Waals surface area contributed by atoms with Gasteiger partial charge in [0.1, 0.15) is 4.88 Å². The Labute approximate surface area is 203 Å². The lowest BCUT2D eigenvalue weighted by molar-refractivity contribution is -0.116. The number of hydrogen-bond acceptors (Lipinski definition) is 8. The maximum Gasteiger partial charge on any atom is 0.248 e. The molecule has 3 aromatic heterocycles. The summed E-state index contributed by atoms with van der Waals surface area (Å²) < 4.78 is 5.64. The summed E-state index contributed by atoms with van der Waals surface area (Å²) in [4.78, 5) is 30.8. The normalized spacial score (nSPS) is 10.8. The Bertz CT molecular complexity index is 1410. The zero-order valence-electron chi connectivity index (χ0n) is 17.8. The average Bonchev–Trinajstić information content (AvgIpc) is 3.64. The van der Waals surface area contributed by atoms with E-state index in [9.17, 15) is 9.59 Å². The van der Waals surface area contributed by atoms with Gasteiger partial charge in [-0.3, -0.25) is 9.59 Å². The van der Waals surface area contributed by atoms with Crippen molar-refractivity contribution in [1.29, 1.82) is 0 Å². The van der Waals surface area contributed by atoms with E-state index in [4.69, 9.17) is 4.42 Å². The highest BCUT2D eigenvalue weighted by Gasteiger charge is 2.22. The smallest absolute Gasteiger partial charge is 0.248 e. The van der Waals surface area contributed by atoms with E-state index in [0.717, 1.165) is 11.1 Å². The van der Waals surface area contributed by atoms with E-state index in [1.165, 1.54) is 11.3 Å². The third-order valence-electron chi connectivity index (χ3n) is 4.96. The van der Waals surface area contributed by atoms with Crippen molar-refractivity contribution in [2.75, 3.05) is 5.32 Å². The van der Waals surface area contributed by atoms with E-state index in [0.29, 0.717) is 39.5 Å². The van der Waals surface area contributed by atoms with Gasteiger partial charge in [0.2, 0.25) is 23.5 Å². The molecule has 5 rings (SSSR count). The number of aromatic nitrogens is 3. The highest BCUT2D eigenvalue weighted by molar-refractivity contribution is 7.18. The van der Waals surface area contributed by atoms with Gasteiger partial charge in [-0.05, 0) is 11.4 Å². The van der Waals surface area contributed by atoms with E-state index in [-0.39, 0.29) is 18.1 Å². The Morgan fingerprint density at radius 2 is 1.68 bits per heavy atom. The predicted molar refractivity (Wildman–Crippen MR) is 132 cm³/mol. The van der Waals surface area contributed by atoms with Crippen LogP contribution in [0.4, 0.5) is 5.13 Å². The van der Waals surface area contributed by atoms with E-state index in [1.807, 2.05) is 65.4 Å². The zero-order valence-corrected chi connectivity index (χ0v) is 19.4. The lowest BCUT2D eigenvalue weighted by Gasteiger charge is -2.02. The first-order valence-electron chi connectivity index (χ1n) is 10.5. The molecule has 9 heteroatoms. The number of hydrogen-bond donors (Lipinski definition) is 1. The molecule has 0 fully saturated rings. The number of nitrogens with one attached hydrogen (secondary N) is 1. The molecule has 0 radical (unpaired) electrons. The van der Waals surface area contributed by atoms with Gasteiger partial charge in [-0.2, -0.15) is 11.3 Å². The number of benzene rings is 2. The molecule has 2 aromatic carbocycles. The summed E-state index contributed by atoms with van der Waals surface area (Å²) in [7, 11) is 0. The SMILES string of the molecule is O=C(CCc1nnc(-c2ccsc2)o1)Nc1nc(-c2ccccc2)c(C(=O)c2ccccc2)s1. The first-order valence-corrected chi connectivity index (χ1v) is 12.2. The summed E-state index contributed by atoms with van der Waals surface area (Å²) in [5, 5.41) is 15.1. The quantitative estimate of drug-likeness (QED) is 0.282. The molecule has 0 saturated carbocycles. The fraction of sp³-hybridized carbons (Fsp3) is 0.0800. The number of carbonyl (C=O) groups is 2. The monoisotopic (exact) mass is 486 g/mol. The van der Waals surface area contributed by atoms with Crippen LogP contribution in [0.3, 0.4) is 0 Å². The predicted octanol–water partition coefficient (Wildman–Crippen LogP) is 5.72. The summed E-state index contributed by atoms with van der Waals surface area (Å²) in [6.07, 6.45) is 0.448. The van der Waals surface area contributed by atoms with E-state index in [2.05, 4.69) is 20.5 Å². The molecule has 0 aliphatic heterocycles. The van der Waals surface area contributed by atoms with Crippen LogP contribution in [0.25, 0.3) is 22.7 Å². The Kier molecular flexibility index (Phi) is 6.37. The largest absolute Gasteiger partial charge is 0.421 e. The van der Waals surface area contributed by atoms with Crippen molar-refractivity contribution < 1.29 is 14.0 Å². The van der Waals surface area contributed by atoms with Crippen molar-refractivity contribution in [3.05, 3.63) is 93.8 Å². The molecule has 7 nitrogen and oxygen atoms in total. The molecule has 0 unspecified atom stereocenters. The standard InChI is InChI=1S/C25H18N4O3S2/c30-19(11-12-20-28-29-24(32-20)18-13-14-33-15-18)26-25-27-21(16-7-3-1-4-8-16)23(34-25)22(31)17-9-5-2-6-10-17/h1-10,13-15H,11-12H2,(H,26,27,30). The van der Waals surface area contributed by atoms with Crippen molar-refractivity contribution in [2.45, 2.75) is 12.8 Å². The molecule has 34 heavy (non-hydrogen) atoms. The maximum atomic E-state index is 13.2. The van der Waals surface area contributed by atoms with E-state index >= 15 is 0 Å². The molecular formula is C25H18N4O3S2. The molecule has 1 amide bonds. The number of carbonyl (C=O) groups excluding carboxylic acids is 2. The second-order valence-electron chi connectivity index (χ2n) is 7.32. The minimum Gasteiger partial charge on any atom is -0.421 e. The highest BCUT2D eigenvalue weighted by Crippen LogP contribution is 2.33. The third kappa shape index (κ3) is 4.85. The molecule has 1 N–H and O–H groups in total. The van der Waals surface area contributed by atoms with Gasteiger partial charge >= 0.3 is 0 Å². The summed E-state index contributed by atoms with van der Waals surface area (Å²) in [6.45, 7) is 0. The van der Waals surface area contributed by atoms with Crippen molar-refractivity contribution in [3.63, 3.8) is 0 Å². The highest BCUT2D eigenvalue weighted by atomic mass is 32.1. The van der Waals surface area contributed by atoms with Crippen LogP contribution in [-0.4, -0.2) is 26.9 Å². The van der Waals surface area contributed by atoms with Crippen LogP contribution in [-0.2, 0) is 11.2 Å². The summed E-state index contributed by atoms with van der Waals surface area (Å²) >= 11 is 2.71. The topological polar surface area (TPSA) is 98.0 Å². The van der Waals surface area contributed by atoms with Gasteiger partial charge < -0.3 is 9.73 Å². The molecule has 0 spiro atoms. The van der Waals surface area contributed by atoms with Gasteiger partial charge in [0.05, 0.1) is 5.69 Å². The van der Waals surface area contributed by atoms with Crippen LogP contribution in [0.5, 0.6) is 0 Å². The average molecular weight is 487 g/mol. The van der Waals surface area contributed by atoms with Gasteiger partial charge in [-0.1, -0.05) is 72.0 Å². The van der Waals surface area contributed by atoms with Crippen LogP contribution in [0.2, 0.25) is 0 Å². The number of ketones is 1. The lowest BCUT2D eigenvalue weighted by atomic mass is 10.1. The summed E-state index contributed by atoms with van der Waals surface area (Å²) in [5.41, 5.74) is 2.79. The second kappa shape index (κ2) is 9.90. The van der Waals surface area contributed by atoms with Gasteiger partial charge in [-0.25, -0.2) is 4.98 Å². The lowest BCUT2D eigenvalue weighted by Crippen LogP contribution is -2.12. The Morgan fingerprint density at radius 1 is 0.912 bits per heavy atom. The van der Waals surface area contributed by atoms with Crippen LogP contribution >= 0.6 is 22.7 Å². The first kappa shape index (κ1) is 21.9. The van der Waals surface area contributed by atoms with Gasteiger partial charge in [-0.15, -0.1) is 10.2 Å². The van der Waals surface area contributed by atoms with Crippen LogP contribution in [0.1, 0.15) is 27.5 Å². The molecule has 168 valence electrons. The molecule has 0 atom stereocenters. The molecule has 0 saturated heterocycles. The molecule has 0 aliphatic rings. The Hall–Kier alpha value is -3.95. The molecule has 0 aliphatic carbocycles. The summed E-state index contributed by atoms with van der Waals surface area (Å²) in [6, 6.07) is 20.4. The van der Waals surface area contributed by atoms with Crippen molar-refractivity contribution in [1.82, 2.24) is 15.2 Å². The van der Waals surface area contributed by atoms with Gasteiger partial charge in [0, 0.05) is 34.9 Å². The minimum atomic E-state index is -0.248. The minimum absolute atomic E-state index is 0.135. The second-order valence-corrected chi connectivity index (χ2v) is 9.10. The molecule has 3 heterocycles. The van der Waals surface area contributed by atoms with Gasteiger partial charge in [0.25, 0.3) is 0 Å². The maximum absolute atomic E-state index is 13.2. The zero-order chi connectivity index (χ0) is 23.3. The number of rotatable bonds is 8. The van der Waals surface area contributed by atoms with Crippen LogP contribution in [0, 0.1) is 0 Å². The third-order valence-corrected chi connectivity index (χ3v) is 6.62. The molecule has 0 bridgehead atoms. The van der Waals surface area contributed by atoms with Crippen LogP contribution < -0.4 is 5.32 Å². The number of nitrogens with zero attached hydrogens (tertiary/aromatic N) is 3. The first-order chi connectivity index (χ1) is 16.7. The number of thiazole rings is 1. The van der Waals surface area contributed by atoms with Gasteiger partial charge in [0.15, 0.2) is 5.13 Å². The fourth-order valence-corrected chi connectivity index (χ4v) is 4.90. The molecule has 5 aromatic rings. The number of anilines is 1. The van der Waals surface area contributed by atoms with E-state index in [1.54, 1.807) is 23.5 Å². The summed E-state index contributed by atoms with van der Waals surface area (Å²) in [5.74, 6) is 0.445. The Morgan fingerprint density at radius 3 is 2.41 bits per heavy atom. The van der Waals surface area contributed by atoms with Crippen LogP contribution in [0.15, 0.2) is 81.9 Å². The Balaban J connectivity index is 1.32. The number of amides is 1. The van der Waals surface area contributed by atoms with E-state index < -0.39 is 0 Å². The van der Waals surface area contributed by atoms with Crippen molar-refractivity contribution in [3.8, 4) is 22.7 Å². The number of aryl methyl sites for hydroxylation is 1. The fourth-order valence-electron chi connectivity index (χ4n) is 3.30. The molecular weight excluding hydrogens is 468 g/mol. The van der Waals surface area contributed by atoms with Crippen molar-refractivity contribution in [2.24, 2.45) is 0 Å². The number of thiophene rings is 1. The van der Waals surface area contributed by atoms with Crippen molar-refractivity contribution >= 4 is 39.5 Å².